The lowest BCUT2D eigenvalue weighted by Gasteiger charge is -2.23. The Kier molecular flexibility index (Phi) is 6.14. The highest BCUT2D eigenvalue weighted by molar-refractivity contribution is 9.10. The molecule has 0 aliphatic carbocycles. The molecule has 0 bridgehead atoms. The zero-order valence-corrected chi connectivity index (χ0v) is 17.3. The van der Waals surface area contributed by atoms with Crippen molar-refractivity contribution in [2.75, 3.05) is 32.7 Å². The van der Waals surface area contributed by atoms with Crippen molar-refractivity contribution in [3.63, 3.8) is 0 Å². The average Bonchev–Trinajstić information content (AvgIpc) is 2.81. The Hall–Kier alpha value is -1.87. The van der Waals surface area contributed by atoms with Crippen molar-refractivity contribution in [2.24, 2.45) is 0 Å². The third-order valence-electron chi connectivity index (χ3n) is 4.84. The van der Waals surface area contributed by atoms with Gasteiger partial charge >= 0.3 is 6.18 Å². The minimum atomic E-state index is -4.22. The number of amides is 1. The zero-order chi connectivity index (χ0) is 20.5. The molecule has 0 radical (unpaired) electrons. The molecule has 1 aromatic heterocycles. The van der Waals surface area contributed by atoms with Crippen LogP contribution in [0.25, 0.3) is 5.69 Å². The van der Waals surface area contributed by atoms with E-state index in [0.29, 0.717) is 31.6 Å². The van der Waals surface area contributed by atoms with Crippen LogP contribution in [-0.2, 0) is 0 Å². The minimum absolute atomic E-state index is 0.157. The van der Waals surface area contributed by atoms with Gasteiger partial charge in [-0.2, -0.15) is 18.3 Å². The van der Waals surface area contributed by atoms with Crippen molar-refractivity contribution >= 4 is 21.8 Å². The van der Waals surface area contributed by atoms with E-state index in [0.717, 1.165) is 21.5 Å². The molecule has 2 heterocycles. The van der Waals surface area contributed by atoms with Crippen LogP contribution in [0.2, 0.25) is 0 Å². The second-order valence-corrected chi connectivity index (χ2v) is 7.77. The number of hydrogen-bond donors (Lipinski definition) is 0. The van der Waals surface area contributed by atoms with Gasteiger partial charge in [0, 0.05) is 31.7 Å². The highest BCUT2D eigenvalue weighted by Gasteiger charge is 2.32. The van der Waals surface area contributed by atoms with Gasteiger partial charge in [0.05, 0.1) is 28.1 Å². The molecule has 2 aromatic rings. The number of carbonyl (C=O) groups excluding carboxylic acids is 1. The Morgan fingerprint density at radius 2 is 1.79 bits per heavy atom. The van der Waals surface area contributed by atoms with Gasteiger partial charge in [0.2, 0.25) is 0 Å². The van der Waals surface area contributed by atoms with E-state index in [2.05, 4.69) is 21.0 Å². The molecule has 1 fully saturated rings. The van der Waals surface area contributed by atoms with Gasteiger partial charge in [0.1, 0.15) is 0 Å². The molecule has 1 saturated heterocycles. The van der Waals surface area contributed by atoms with Crippen LogP contribution < -0.4 is 0 Å². The summed E-state index contributed by atoms with van der Waals surface area (Å²) in [5.74, 6) is -0.157. The SMILES string of the molecule is Cc1nn(-c2ccc(C(=O)N3CCCN(CC(F)(F)F)CC3)cc2)c(C)c1Br. The number of hydrogen-bond acceptors (Lipinski definition) is 3. The fourth-order valence-electron chi connectivity index (χ4n) is 3.39. The first-order valence-corrected chi connectivity index (χ1v) is 9.85. The van der Waals surface area contributed by atoms with Gasteiger partial charge in [-0.05, 0) is 60.5 Å². The molecule has 1 aromatic carbocycles. The predicted octanol–water partition coefficient (Wildman–Crippen LogP) is 3.96. The highest BCUT2D eigenvalue weighted by Crippen LogP contribution is 2.23. The van der Waals surface area contributed by atoms with Gasteiger partial charge in [-0.15, -0.1) is 0 Å². The summed E-state index contributed by atoms with van der Waals surface area (Å²) in [6.45, 7) is 4.25. The average molecular weight is 459 g/mol. The van der Waals surface area contributed by atoms with E-state index in [1.165, 1.54) is 4.90 Å². The van der Waals surface area contributed by atoms with Crippen LogP contribution in [-0.4, -0.2) is 64.4 Å². The van der Waals surface area contributed by atoms with Crippen LogP contribution in [0.15, 0.2) is 28.7 Å². The molecule has 0 spiro atoms. The quantitative estimate of drug-likeness (QED) is 0.698. The molecule has 3 rings (SSSR count). The summed E-state index contributed by atoms with van der Waals surface area (Å²) >= 11 is 3.50. The highest BCUT2D eigenvalue weighted by atomic mass is 79.9. The summed E-state index contributed by atoms with van der Waals surface area (Å²) in [6.07, 6.45) is -3.69. The third kappa shape index (κ3) is 4.75. The smallest absolute Gasteiger partial charge is 0.337 e. The predicted molar refractivity (Wildman–Crippen MR) is 104 cm³/mol. The molecule has 1 amide bonds. The summed E-state index contributed by atoms with van der Waals surface area (Å²) in [5.41, 5.74) is 3.21. The van der Waals surface area contributed by atoms with E-state index in [1.807, 2.05) is 26.0 Å². The lowest BCUT2D eigenvalue weighted by atomic mass is 10.1. The molecule has 0 atom stereocenters. The van der Waals surface area contributed by atoms with Crippen molar-refractivity contribution in [1.29, 1.82) is 0 Å². The molecule has 152 valence electrons. The molecular weight excluding hydrogens is 437 g/mol. The number of aryl methyl sites for hydroxylation is 1. The molecule has 1 aliphatic rings. The Labute approximate surface area is 170 Å². The second-order valence-electron chi connectivity index (χ2n) is 6.98. The maximum atomic E-state index is 12.8. The fourth-order valence-corrected chi connectivity index (χ4v) is 3.64. The maximum Gasteiger partial charge on any atom is 0.401 e. The molecular formula is C19H22BrF3N4O. The van der Waals surface area contributed by atoms with Crippen LogP contribution in [0.1, 0.15) is 28.2 Å². The van der Waals surface area contributed by atoms with Crippen molar-refractivity contribution < 1.29 is 18.0 Å². The van der Waals surface area contributed by atoms with E-state index in [9.17, 15) is 18.0 Å². The van der Waals surface area contributed by atoms with Crippen molar-refractivity contribution in [3.05, 3.63) is 45.7 Å². The van der Waals surface area contributed by atoms with Gasteiger partial charge in [-0.25, -0.2) is 4.68 Å². The molecule has 0 N–H and O–H groups in total. The second kappa shape index (κ2) is 8.24. The summed E-state index contributed by atoms with van der Waals surface area (Å²) in [4.78, 5) is 15.8. The number of carbonyl (C=O) groups is 1. The Morgan fingerprint density at radius 1 is 1.11 bits per heavy atom. The summed E-state index contributed by atoms with van der Waals surface area (Å²) in [5, 5.41) is 4.47. The fraction of sp³-hybridized carbons (Fsp3) is 0.474. The number of benzene rings is 1. The standard InChI is InChI=1S/C19H22BrF3N4O/c1-13-17(20)14(2)27(24-13)16-6-4-15(5-7-16)18(28)26-9-3-8-25(10-11-26)12-19(21,22)23/h4-7H,3,8-12H2,1-2H3. The van der Waals surface area contributed by atoms with Crippen LogP contribution >= 0.6 is 15.9 Å². The van der Waals surface area contributed by atoms with E-state index in [1.54, 1.807) is 21.7 Å². The van der Waals surface area contributed by atoms with Gasteiger partial charge in [-0.1, -0.05) is 0 Å². The Balaban J connectivity index is 1.68. The summed E-state index contributed by atoms with van der Waals surface area (Å²) in [7, 11) is 0. The van der Waals surface area contributed by atoms with E-state index in [4.69, 9.17) is 0 Å². The van der Waals surface area contributed by atoms with Crippen molar-refractivity contribution in [2.45, 2.75) is 26.4 Å². The van der Waals surface area contributed by atoms with Crippen LogP contribution in [0, 0.1) is 13.8 Å². The molecule has 1 aliphatic heterocycles. The van der Waals surface area contributed by atoms with E-state index < -0.39 is 12.7 Å². The van der Waals surface area contributed by atoms with E-state index in [-0.39, 0.29) is 12.5 Å². The Morgan fingerprint density at radius 3 is 2.36 bits per heavy atom. The lowest BCUT2D eigenvalue weighted by molar-refractivity contribution is -0.145. The van der Waals surface area contributed by atoms with Crippen LogP contribution in [0.5, 0.6) is 0 Å². The Bertz CT molecular complexity index is 848. The molecule has 0 unspecified atom stereocenters. The molecule has 28 heavy (non-hydrogen) atoms. The first-order chi connectivity index (χ1) is 13.2. The summed E-state index contributed by atoms with van der Waals surface area (Å²) < 4.78 is 40.5. The van der Waals surface area contributed by atoms with Gasteiger partial charge < -0.3 is 4.90 Å². The van der Waals surface area contributed by atoms with Gasteiger partial charge in [-0.3, -0.25) is 9.69 Å². The van der Waals surface area contributed by atoms with Gasteiger partial charge in [0.15, 0.2) is 0 Å². The monoisotopic (exact) mass is 458 g/mol. The van der Waals surface area contributed by atoms with Gasteiger partial charge in [0.25, 0.3) is 5.91 Å². The summed E-state index contributed by atoms with van der Waals surface area (Å²) in [6, 6.07) is 7.13. The topological polar surface area (TPSA) is 41.4 Å². The first kappa shape index (κ1) is 20.9. The van der Waals surface area contributed by atoms with Crippen molar-refractivity contribution in [1.82, 2.24) is 19.6 Å². The number of nitrogens with zero attached hydrogens (tertiary/aromatic N) is 4. The number of halogens is 4. The largest absolute Gasteiger partial charge is 0.401 e. The minimum Gasteiger partial charge on any atom is -0.337 e. The third-order valence-corrected chi connectivity index (χ3v) is 5.99. The van der Waals surface area contributed by atoms with Crippen LogP contribution in [0.4, 0.5) is 13.2 Å². The van der Waals surface area contributed by atoms with Crippen molar-refractivity contribution in [3.8, 4) is 5.69 Å². The molecule has 5 nitrogen and oxygen atoms in total. The first-order valence-electron chi connectivity index (χ1n) is 9.06. The molecule has 9 heteroatoms. The number of alkyl halides is 3. The number of aromatic nitrogens is 2. The van der Waals surface area contributed by atoms with Crippen LogP contribution in [0.3, 0.4) is 0 Å². The normalized spacial score (nSPS) is 16.3. The maximum absolute atomic E-state index is 12.8. The molecule has 0 saturated carbocycles. The zero-order valence-electron chi connectivity index (χ0n) is 15.8. The number of rotatable bonds is 3. The lowest BCUT2D eigenvalue weighted by Crippen LogP contribution is -2.38. The van der Waals surface area contributed by atoms with E-state index >= 15 is 0 Å².